The Morgan fingerprint density at radius 1 is 1.13 bits per heavy atom. The van der Waals surface area contributed by atoms with E-state index in [1.165, 1.54) is 0 Å². The molecule has 0 aliphatic carbocycles. The van der Waals surface area contributed by atoms with Gasteiger partial charge in [0.25, 0.3) is 5.91 Å². The third-order valence-corrected chi connectivity index (χ3v) is 4.04. The Bertz CT molecular complexity index is 892. The van der Waals surface area contributed by atoms with Gasteiger partial charge in [0.1, 0.15) is 6.10 Å². The van der Waals surface area contributed by atoms with Gasteiger partial charge in [-0.2, -0.15) is 0 Å². The summed E-state index contributed by atoms with van der Waals surface area (Å²) in [6.45, 7) is 0. The minimum absolute atomic E-state index is 0.104. The fraction of sp³-hybridized carbons (Fsp3) is 0.263. The molecule has 2 aromatic rings. The Kier molecular flexibility index (Phi) is 7.35. The van der Waals surface area contributed by atoms with Crippen molar-refractivity contribution >= 4 is 11.9 Å². The number of carboxylic acids is 1. The van der Waals surface area contributed by atoms with E-state index in [1.807, 2.05) is 5.32 Å². The number of nitrogens with two attached hydrogens (primary N) is 1. The van der Waals surface area contributed by atoms with Crippen molar-refractivity contribution in [3.63, 3.8) is 0 Å². The van der Waals surface area contributed by atoms with Gasteiger partial charge in [-0.3, -0.25) is 4.79 Å². The SMILES string of the molecule is N[C@H](Cc1ccccc1)[C@H](O)C(=O)N[C@H](C(=O)O)c1ccc(F)c(OC(F)(F)F)c1. The van der Waals surface area contributed by atoms with Gasteiger partial charge >= 0.3 is 12.3 Å². The average Bonchev–Trinajstić information content (AvgIpc) is 2.66. The van der Waals surface area contributed by atoms with Crippen LogP contribution in [-0.2, 0) is 16.0 Å². The predicted molar refractivity (Wildman–Crippen MR) is 95.7 cm³/mol. The number of rotatable bonds is 8. The Hall–Kier alpha value is -3.18. The van der Waals surface area contributed by atoms with Crippen molar-refractivity contribution in [1.82, 2.24) is 5.32 Å². The molecule has 162 valence electrons. The number of aliphatic hydroxyl groups excluding tert-OH is 1. The van der Waals surface area contributed by atoms with Gasteiger partial charge in [0.15, 0.2) is 17.6 Å². The molecule has 2 rings (SSSR count). The highest BCUT2D eigenvalue weighted by Gasteiger charge is 2.34. The molecule has 0 spiro atoms. The van der Waals surface area contributed by atoms with E-state index in [1.54, 1.807) is 30.3 Å². The smallest absolute Gasteiger partial charge is 0.479 e. The lowest BCUT2D eigenvalue weighted by Crippen LogP contribution is -2.49. The highest BCUT2D eigenvalue weighted by Crippen LogP contribution is 2.28. The predicted octanol–water partition coefficient (Wildman–Crippen LogP) is 1.90. The molecule has 1 amide bonds. The molecule has 3 atom stereocenters. The number of carbonyl (C=O) groups excluding carboxylic acids is 1. The van der Waals surface area contributed by atoms with Gasteiger partial charge in [-0.25, -0.2) is 9.18 Å². The van der Waals surface area contributed by atoms with Crippen LogP contribution < -0.4 is 15.8 Å². The molecule has 5 N–H and O–H groups in total. The number of alkyl halides is 3. The lowest BCUT2D eigenvalue weighted by atomic mass is 10.0. The van der Waals surface area contributed by atoms with Gasteiger partial charge in [-0.1, -0.05) is 36.4 Å². The second-order valence-electron chi connectivity index (χ2n) is 6.32. The molecule has 0 saturated carbocycles. The summed E-state index contributed by atoms with van der Waals surface area (Å²) in [4.78, 5) is 23.8. The summed E-state index contributed by atoms with van der Waals surface area (Å²) in [5.41, 5.74) is 6.12. The molecule has 0 aliphatic heterocycles. The molecular formula is C19H18F4N2O5. The van der Waals surface area contributed by atoms with Gasteiger partial charge in [0, 0.05) is 6.04 Å². The number of hydrogen-bond donors (Lipinski definition) is 4. The fourth-order valence-corrected chi connectivity index (χ4v) is 2.61. The standard InChI is InChI=1S/C19H18F4N2O5/c20-12-7-6-11(9-14(12)30-19(21,22)23)15(18(28)29)25-17(27)16(26)13(24)8-10-4-2-1-3-5-10/h1-7,9,13,15-16,26H,8,24H2,(H,25,27)(H,28,29)/t13-,15+,16+/m1/s1. The second-order valence-corrected chi connectivity index (χ2v) is 6.32. The van der Waals surface area contributed by atoms with Crippen molar-refractivity contribution in [3.05, 3.63) is 65.5 Å². The summed E-state index contributed by atoms with van der Waals surface area (Å²) in [7, 11) is 0. The van der Waals surface area contributed by atoms with Gasteiger partial charge in [0.05, 0.1) is 0 Å². The third kappa shape index (κ3) is 6.42. The minimum atomic E-state index is -5.21. The number of amides is 1. The van der Waals surface area contributed by atoms with Crippen LogP contribution in [0.1, 0.15) is 17.2 Å². The molecule has 0 fully saturated rings. The van der Waals surface area contributed by atoms with Gasteiger partial charge in [-0.05, 0) is 29.7 Å². The lowest BCUT2D eigenvalue weighted by Gasteiger charge is -2.22. The van der Waals surface area contributed by atoms with E-state index in [-0.39, 0.29) is 6.42 Å². The van der Waals surface area contributed by atoms with E-state index < -0.39 is 53.6 Å². The normalized spacial score (nSPS) is 14.5. The van der Waals surface area contributed by atoms with Crippen LogP contribution >= 0.6 is 0 Å². The van der Waals surface area contributed by atoms with E-state index in [0.29, 0.717) is 12.1 Å². The van der Waals surface area contributed by atoms with Crippen LogP contribution in [0.4, 0.5) is 17.6 Å². The molecule has 0 unspecified atom stereocenters. The van der Waals surface area contributed by atoms with Crippen molar-refractivity contribution in [3.8, 4) is 5.75 Å². The highest BCUT2D eigenvalue weighted by molar-refractivity contribution is 5.87. The Morgan fingerprint density at radius 2 is 1.77 bits per heavy atom. The Morgan fingerprint density at radius 3 is 2.33 bits per heavy atom. The summed E-state index contributed by atoms with van der Waals surface area (Å²) in [5.74, 6) is -5.46. The van der Waals surface area contributed by atoms with E-state index in [9.17, 15) is 37.4 Å². The largest absolute Gasteiger partial charge is 0.573 e. The van der Waals surface area contributed by atoms with E-state index in [0.717, 1.165) is 11.6 Å². The molecular weight excluding hydrogens is 412 g/mol. The number of carbonyl (C=O) groups is 2. The number of halogens is 4. The second kappa shape index (κ2) is 9.55. The van der Waals surface area contributed by atoms with Crippen LogP contribution in [0.25, 0.3) is 0 Å². The first-order valence-corrected chi connectivity index (χ1v) is 8.54. The number of benzene rings is 2. The molecule has 0 heterocycles. The minimum Gasteiger partial charge on any atom is -0.479 e. The number of aliphatic hydroxyl groups is 1. The Balaban J connectivity index is 2.16. The summed E-state index contributed by atoms with van der Waals surface area (Å²) in [5, 5.41) is 21.4. The highest BCUT2D eigenvalue weighted by atomic mass is 19.4. The zero-order valence-electron chi connectivity index (χ0n) is 15.3. The maximum absolute atomic E-state index is 13.6. The van der Waals surface area contributed by atoms with E-state index in [2.05, 4.69) is 4.74 Å². The number of carboxylic acid groups (broad SMARTS) is 1. The average molecular weight is 430 g/mol. The zero-order chi connectivity index (χ0) is 22.5. The lowest BCUT2D eigenvalue weighted by molar-refractivity contribution is -0.275. The molecule has 0 aromatic heterocycles. The molecule has 0 bridgehead atoms. The number of nitrogens with one attached hydrogen (secondary N) is 1. The molecule has 0 saturated heterocycles. The Labute approximate surface area is 168 Å². The summed E-state index contributed by atoms with van der Waals surface area (Å²) >= 11 is 0. The van der Waals surface area contributed by atoms with Crippen molar-refractivity contribution in [2.45, 2.75) is 31.0 Å². The van der Waals surface area contributed by atoms with Gasteiger partial charge in [0.2, 0.25) is 0 Å². The van der Waals surface area contributed by atoms with Crippen LogP contribution in [0.2, 0.25) is 0 Å². The van der Waals surface area contributed by atoms with Crippen molar-refractivity contribution in [1.29, 1.82) is 0 Å². The number of aliphatic carboxylic acids is 1. The molecule has 7 nitrogen and oxygen atoms in total. The van der Waals surface area contributed by atoms with Crippen LogP contribution in [0.5, 0.6) is 5.75 Å². The van der Waals surface area contributed by atoms with Crippen molar-refractivity contribution in [2.75, 3.05) is 0 Å². The first-order valence-electron chi connectivity index (χ1n) is 8.54. The monoisotopic (exact) mass is 430 g/mol. The molecule has 11 heteroatoms. The van der Waals surface area contributed by atoms with Crippen LogP contribution in [-0.4, -0.2) is 40.6 Å². The maximum atomic E-state index is 13.6. The summed E-state index contributed by atoms with van der Waals surface area (Å²) in [6.07, 6.45) is -6.91. The van der Waals surface area contributed by atoms with Crippen LogP contribution in [0, 0.1) is 5.82 Å². The van der Waals surface area contributed by atoms with Crippen molar-refractivity contribution < 1.29 is 42.1 Å². The van der Waals surface area contributed by atoms with E-state index in [4.69, 9.17) is 5.73 Å². The molecule has 0 radical (unpaired) electrons. The first-order chi connectivity index (χ1) is 14.0. The molecule has 2 aromatic carbocycles. The summed E-state index contributed by atoms with van der Waals surface area (Å²) < 4.78 is 54.2. The van der Waals surface area contributed by atoms with Gasteiger partial charge < -0.3 is 26.0 Å². The summed E-state index contributed by atoms with van der Waals surface area (Å²) in [6, 6.07) is 7.61. The molecule has 30 heavy (non-hydrogen) atoms. The van der Waals surface area contributed by atoms with Crippen LogP contribution in [0.15, 0.2) is 48.5 Å². The van der Waals surface area contributed by atoms with Gasteiger partial charge in [-0.15, -0.1) is 13.2 Å². The van der Waals surface area contributed by atoms with E-state index >= 15 is 0 Å². The van der Waals surface area contributed by atoms with Crippen LogP contribution in [0.3, 0.4) is 0 Å². The topological polar surface area (TPSA) is 122 Å². The number of hydrogen-bond acceptors (Lipinski definition) is 5. The zero-order valence-corrected chi connectivity index (χ0v) is 15.3. The molecule has 0 aliphatic rings. The maximum Gasteiger partial charge on any atom is 0.573 e. The fourth-order valence-electron chi connectivity index (χ4n) is 2.61. The van der Waals surface area contributed by atoms with Crippen molar-refractivity contribution in [2.24, 2.45) is 5.73 Å². The quantitative estimate of drug-likeness (QED) is 0.475. The number of ether oxygens (including phenoxy) is 1. The third-order valence-electron chi connectivity index (χ3n) is 4.04. The first kappa shape index (κ1) is 23.1.